The van der Waals surface area contributed by atoms with Crippen molar-refractivity contribution < 1.29 is 28.9 Å². The third-order valence-corrected chi connectivity index (χ3v) is 9.58. The lowest BCUT2D eigenvalue weighted by Crippen LogP contribution is -2.51. The number of aliphatic hydroxyl groups excluding tert-OH is 1. The van der Waals surface area contributed by atoms with E-state index >= 15 is 4.39 Å². The van der Waals surface area contributed by atoms with Crippen molar-refractivity contribution in [2.75, 3.05) is 38.2 Å². The van der Waals surface area contributed by atoms with Crippen LogP contribution in [0.3, 0.4) is 0 Å². The van der Waals surface area contributed by atoms with Crippen molar-refractivity contribution in [1.29, 1.82) is 0 Å². The molecule has 8 heteroatoms. The van der Waals surface area contributed by atoms with E-state index in [-0.39, 0.29) is 47.4 Å². The predicted molar refractivity (Wildman–Crippen MR) is 141 cm³/mol. The van der Waals surface area contributed by atoms with E-state index in [1.165, 1.54) is 11.6 Å². The van der Waals surface area contributed by atoms with Crippen LogP contribution < -0.4 is 10.1 Å². The van der Waals surface area contributed by atoms with E-state index in [1.54, 1.807) is 18.2 Å². The number of hydrogen-bond acceptors (Lipinski definition) is 6. The lowest BCUT2D eigenvalue weighted by molar-refractivity contribution is -0.118. The number of fused-ring (bicyclic) bond motifs is 5. The van der Waals surface area contributed by atoms with E-state index in [1.807, 2.05) is 17.0 Å². The number of rotatable bonds is 5. The molecule has 204 valence electrons. The highest BCUT2D eigenvalue weighted by Gasteiger charge is 2.58. The summed E-state index contributed by atoms with van der Waals surface area (Å²) in [7, 11) is 0. The molecule has 1 aliphatic heterocycles. The molecule has 0 unspecified atom stereocenters. The number of carbonyl (C=O) groups is 1. The normalized spacial score (nSPS) is 32.7. The fraction of sp³-hybridized carbons (Fsp3) is 0.567. The number of morpholine rings is 1. The Kier molecular flexibility index (Phi) is 6.82. The summed E-state index contributed by atoms with van der Waals surface area (Å²) in [4.78, 5) is 14.5. The molecular formula is C30H37FN2O5. The second-order valence-electron chi connectivity index (χ2n) is 11.8. The first kappa shape index (κ1) is 25.6. The quantitative estimate of drug-likeness (QED) is 0.546. The molecule has 1 saturated heterocycles. The van der Waals surface area contributed by atoms with Gasteiger partial charge in [0, 0.05) is 30.5 Å². The van der Waals surface area contributed by atoms with Gasteiger partial charge in [0.2, 0.25) is 5.91 Å². The van der Waals surface area contributed by atoms with Gasteiger partial charge in [0.05, 0.1) is 31.5 Å². The van der Waals surface area contributed by atoms with Gasteiger partial charge in [0.25, 0.3) is 0 Å². The third kappa shape index (κ3) is 4.67. The van der Waals surface area contributed by atoms with Crippen molar-refractivity contribution in [2.45, 2.75) is 57.2 Å². The number of phenols is 1. The highest BCUT2D eigenvalue weighted by Crippen LogP contribution is 2.61. The smallest absolute Gasteiger partial charge is 0.238 e. The number of aliphatic hydroxyl groups is 1. The Hall–Kier alpha value is -2.68. The molecule has 6 rings (SSSR count). The number of nitrogens with zero attached hydrogens (tertiary/aromatic N) is 1. The van der Waals surface area contributed by atoms with Crippen LogP contribution in [0.25, 0.3) is 0 Å². The third-order valence-electron chi connectivity index (χ3n) is 9.58. The molecule has 7 nitrogen and oxygen atoms in total. The van der Waals surface area contributed by atoms with Gasteiger partial charge in [0.15, 0.2) is 0 Å². The van der Waals surface area contributed by atoms with Crippen molar-refractivity contribution in [3.63, 3.8) is 0 Å². The predicted octanol–water partition coefficient (Wildman–Crippen LogP) is 4.08. The fourth-order valence-electron chi connectivity index (χ4n) is 7.70. The van der Waals surface area contributed by atoms with E-state index in [9.17, 15) is 15.0 Å². The molecule has 1 amide bonds. The number of phenolic OH excluding ortho intramolecular Hbond substituents is 1. The largest absolute Gasteiger partial charge is 0.508 e. The monoisotopic (exact) mass is 524 g/mol. The molecule has 2 aromatic carbocycles. The molecule has 0 aromatic heterocycles. The molecule has 0 spiro atoms. The van der Waals surface area contributed by atoms with E-state index in [0.717, 1.165) is 31.2 Å². The zero-order valence-electron chi connectivity index (χ0n) is 21.9. The Morgan fingerprint density at radius 2 is 2.00 bits per heavy atom. The average Bonchev–Trinajstić information content (AvgIpc) is 3.19. The fourth-order valence-corrected chi connectivity index (χ4v) is 7.70. The maximum absolute atomic E-state index is 15.1. The van der Waals surface area contributed by atoms with E-state index in [0.29, 0.717) is 50.3 Å². The summed E-state index contributed by atoms with van der Waals surface area (Å²) in [5.41, 5.74) is 2.23. The molecule has 0 bridgehead atoms. The molecule has 3 aliphatic carbocycles. The number of carbonyl (C=O) groups excluding carboxylic acids is 1. The Labute approximate surface area is 222 Å². The lowest BCUT2D eigenvalue weighted by atomic mass is 9.54. The lowest BCUT2D eigenvalue weighted by Gasteiger charge is -2.53. The molecular weight excluding hydrogens is 487 g/mol. The van der Waals surface area contributed by atoms with Crippen molar-refractivity contribution in [3.05, 3.63) is 53.3 Å². The number of benzene rings is 2. The molecule has 2 aromatic rings. The van der Waals surface area contributed by atoms with E-state index < -0.39 is 5.82 Å². The van der Waals surface area contributed by atoms with Gasteiger partial charge in [-0.15, -0.1) is 0 Å². The van der Waals surface area contributed by atoms with Crippen LogP contribution in [0.5, 0.6) is 11.5 Å². The van der Waals surface area contributed by atoms with Crippen LogP contribution in [0.15, 0.2) is 36.4 Å². The number of anilines is 1. The summed E-state index contributed by atoms with van der Waals surface area (Å²) in [5, 5.41) is 23.7. The number of aromatic hydroxyl groups is 1. The molecule has 3 N–H and O–H groups in total. The summed E-state index contributed by atoms with van der Waals surface area (Å²) in [5.74, 6) is 0.762. The van der Waals surface area contributed by atoms with Gasteiger partial charge >= 0.3 is 0 Å². The maximum atomic E-state index is 15.1. The van der Waals surface area contributed by atoms with Crippen LogP contribution in [0, 0.1) is 23.1 Å². The van der Waals surface area contributed by atoms with E-state index in [2.05, 4.69) is 12.2 Å². The Balaban J connectivity index is 1.23. The molecule has 4 aliphatic rings. The van der Waals surface area contributed by atoms with Gasteiger partial charge in [-0.1, -0.05) is 13.0 Å². The summed E-state index contributed by atoms with van der Waals surface area (Å²) in [6.45, 7) is 4.94. The number of ether oxygens (including phenoxy) is 2. The molecule has 6 atom stereocenters. The van der Waals surface area contributed by atoms with Gasteiger partial charge in [-0.25, -0.2) is 4.39 Å². The topological polar surface area (TPSA) is 91.3 Å². The van der Waals surface area contributed by atoms with Gasteiger partial charge < -0.3 is 25.0 Å². The second kappa shape index (κ2) is 10.1. The highest BCUT2D eigenvalue weighted by molar-refractivity contribution is 5.92. The Morgan fingerprint density at radius 1 is 1.18 bits per heavy atom. The summed E-state index contributed by atoms with van der Waals surface area (Å²) in [6.07, 6.45) is 3.75. The number of halogens is 1. The van der Waals surface area contributed by atoms with E-state index in [4.69, 9.17) is 9.47 Å². The van der Waals surface area contributed by atoms with Crippen LogP contribution in [-0.2, 0) is 16.0 Å². The first-order valence-corrected chi connectivity index (χ1v) is 13.9. The number of hydrogen-bond donors (Lipinski definition) is 3. The molecule has 2 saturated carbocycles. The first-order chi connectivity index (χ1) is 18.3. The zero-order valence-corrected chi connectivity index (χ0v) is 21.9. The minimum Gasteiger partial charge on any atom is -0.508 e. The zero-order chi connectivity index (χ0) is 26.4. The Morgan fingerprint density at radius 3 is 2.79 bits per heavy atom. The van der Waals surface area contributed by atoms with Crippen LogP contribution >= 0.6 is 0 Å². The molecule has 3 fully saturated rings. The van der Waals surface area contributed by atoms with Crippen LogP contribution in [0.1, 0.15) is 49.7 Å². The van der Waals surface area contributed by atoms with Crippen molar-refractivity contribution in [3.8, 4) is 11.5 Å². The van der Waals surface area contributed by atoms with Crippen LogP contribution in [0.2, 0.25) is 0 Å². The minimum atomic E-state index is -0.538. The minimum absolute atomic E-state index is 0.110. The summed E-state index contributed by atoms with van der Waals surface area (Å²) >= 11 is 0. The second-order valence-corrected chi connectivity index (χ2v) is 11.8. The van der Waals surface area contributed by atoms with Gasteiger partial charge in [-0.3, -0.25) is 9.69 Å². The molecule has 1 heterocycles. The van der Waals surface area contributed by atoms with Gasteiger partial charge in [0.1, 0.15) is 23.4 Å². The maximum Gasteiger partial charge on any atom is 0.238 e. The van der Waals surface area contributed by atoms with Crippen LogP contribution in [-0.4, -0.2) is 66.1 Å². The Bertz CT molecular complexity index is 1200. The van der Waals surface area contributed by atoms with Crippen LogP contribution in [0.4, 0.5) is 10.1 Å². The standard InChI is InChI=1S/C30H37FN2O5/c1-30-16-26(29-21-6-3-19(34)14-18(21)2-5-22(29)23(30)7-9-27(30)35)38-20-4-8-25(24(31)15-20)32-28(36)17-33-10-12-37-13-11-33/h3-4,6,8,14-15,22-23,26-27,29,34-35H,2,5,7,9-13,16-17H2,1H3,(H,32,36)/t22-,23-,26-,27-,29+,30-/m0/s1. The molecule has 38 heavy (non-hydrogen) atoms. The summed E-state index contributed by atoms with van der Waals surface area (Å²) in [6, 6.07) is 10.2. The van der Waals surface area contributed by atoms with Gasteiger partial charge in [-0.05, 0) is 79.3 Å². The molecule has 0 radical (unpaired) electrons. The van der Waals surface area contributed by atoms with Crippen molar-refractivity contribution >= 4 is 11.6 Å². The van der Waals surface area contributed by atoms with Crippen molar-refractivity contribution in [2.24, 2.45) is 17.3 Å². The number of amides is 1. The number of aryl methyl sites for hydroxylation is 1. The summed E-state index contributed by atoms with van der Waals surface area (Å²) < 4.78 is 27.0. The SMILES string of the molecule is C[C@]12C[C@H](Oc3ccc(NC(=O)CN4CCOCC4)c(F)c3)[C@@H]3c4ccc(O)cc4CC[C@H]3[C@@H]1CC[C@@H]2O. The first-order valence-electron chi connectivity index (χ1n) is 13.9. The highest BCUT2D eigenvalue weighted by atomic mass is 19.1. The number of nitrogens with one attached hydrogen (secondary N) is 1. The van der Waals surface area contributed by atoms with Gasteiger partial charge in [-0.2, -0.15) is 0 Å². The average molecular weight is 525 g/mol. The van der Waals surface area contributed by atoms with Crippen molar-refractivity contribution in [1.82, 2.24) is 4.90 Å².